The number of unbranched alkanes of at least 4 members (excludes halogenated alkanes) is 1. The summed E-state index contributed by atoms with van der Waals surface area (Å²) in [5.41, 5.74) is 0. The second-order valence-electron chi connectivity index (χ2n) is 3.14. The Labute approximate surface area is 73.4 Å². The van der Waals surface area contributed by atoms with Gasteiger partial charge in [0.1, 0.15) is 6.17 Å². The van der Waals surface area contributed by atoms with Gasteiger partial charge >= 0.3 is 0 Å². The lowest BCUT2D eigenvalue weighted by atomic mass is 10.1. The zero-order valence-electron chi connectivity index (χ0n) is 7.67. The molecule has 0 fully saturated rings. The number of alkyl halides is 1. The Morgan fingerprint density at radius 2 is 2.00 bits per heavy atom. The summed E-state index contributed by atoms with van der Waals surface area (Å²) >= 11 is 0. The van der Waals surface area contributed by atoms with Crippen molar-refractivity contribution in [1.82, 2.24) is 0 Å². The van der Waals surface area contributed by atoms with Crippen LogP contribution < -0.4 is 0 Å². The zero-order valence-corrected chi connectivity index (χ0v) is 7.67. The normalized spacial score (nSPS) is 16.0. The van der Waals surface area contributed by atoms with Gasteiger partial charge in [0, 0.05) is 19.4 Å². The summed E-state index contributed by atoms with van der Waals surface area (Å²) in [6.07, 6.45) is 1.35. The first kappa shape index (κ1) is 11.8. The molecule has 0 aliphatic rings. The molecule has 74 valence electrons. The fourth-order valence-electron chi connectivity index (χ4n) is 1.11. The monoisotopic (exact) mass is 178 g/mol. The van der Waals surface area contributed by atoms with Gasteiger partial charge in [-0.05, 0) is 6.42 Å². The topological polar surface area (TPSA) is 40.5 Å². The quantitative estimate of drug-likeness (QED) is 0.622. The highest BCUT2D eigenvalue weighted by Crippen LogP contribution is 2.11. The van der Waals surface area contributed by atoms with E-state index in [1.54, 1.807) is 0 Å². The van der Waals surface area contributed by atoms with E-state index in [0.717, 1.165) is 12.8 Å². The molecule has 0 radical (unpaired) electrons. The van der Waals surface area contributed by atoms with Crippen LogP contribution in [0, 0.1) is 0 Å². The van der Waals surface area contributed by atoms with E-state index in [1.165, 1.54) is 0 Å². The Bertz CT molecular complexity index is 98.5. The molecule has 0 amide bonds. The van der Waals surface area contributed by atoms with Crippen LogP contribution in [0.3, 0.4) is 0 Å². The highest BCUT2D eigenvalue weighted by molar-refractivity contribution is 4.63. The lowest BCUT2D eigenvalue weighted by Crippen LogP contribution is -2.15. The zero-order chi connectivity index (χ0) is 9.40. The van der Waals surface area contributed by atoms with Crippen LogP contribution in [0.2, 0.25) is 0 Å². The summed E-state index contributed by atoms with van der Waals surface area (Å²) in [6.45, 7) is 1.90. The highest BCUT2D eigenvalue weighted by Gasteiger charge is 2.12. The Kier molecular flexibility index (Phi) is 7.40. The van der Waals surface area contributed by atoms with Crippen molar-refractivity contribution in [2.24, 2.45) is 0 Å². The standard InChI is InChI=1S/C9H19FO2/c1-2-3-4-9(12)7-8(10)5-6-11/h8-9,11-12H,2-7H2,1H3/t8-,9-/m0/s1. The number of halogens is 1. The summed E-state index contributed by atoms with van der Waals surface area (Å²) in [6, 6.07) is 0. The molecule has 12 heavy (non-hydrogen) atoms. The number of aliphatic hydroxyl groups is 2. The van der Waals surface area contributed by atoms with Crippen molar-refractivity contribution in [2.45, 2.75) is 51.3 Å². The maximum Gasteiger partial charge on any atom is 0.105 e. The summed E-state index contributed by atoms with van der Waals surface area (Å²) in [4.78, 5) is 0. The maximum absolute atomic E-state index is 12.8. The first-order chi connectivity index (χ1) is 5.70. The van der Waals surface area contributed by atoms with Gasteiger partial charge < -0.3 is 10.2 Å². The molecule has 2 atom stereocenters. The van der Waals surface area contributed by atoms with Crippen LogP contribution in [-0.2, 0) is 0 Å². The molecule has 0 aromatic carbocycles. The van der Waals surface area contributed by atoms with Crippen molar-refractivity contribution in [3.05, 3.63) is 0 Å². The van der Waals surface area contributed by atoms with Gasteiger partial charge in [-0.3, -0.25) is 0 Å². The molecule has 0 spiro atoms. The van der Waals surface area contributed by atoms with Gasteiger partial charge in [0.25, 0.3) is 0 Å². The van der Waals surface area contributed by atoms with Gasteiger partial charge in [-0.1, -0.05) is 19.8 Å². The van der Waals surface area contributed by atoms with Crippen molar-refractivity contribution in [3.63, 3.8) is 0 Å². The lowest BCUT2D eigenvalue weighted by molar-refractivity contribution is 0.104. The minimum Gasteiger partial charge on any atom is -0.396 e. The summed E-state index contributed by atoms with van der Waals surface area (Å²) in [7, 11) is 0. The molecule has 2 N–H and O–H groups in total. The molecule has 0 aliphatic carbocycles. The second kappa shape index (κ2) is 7.50. The smallest absolute Gasteiger partial charge is 0.105 e. The second-order valence-corrected chi connectivity index (χ2v) is 3.14. The van der Waals surface area contributed by atoms with E-state index in [0.29, 0.717) is 6.42 Å². The van der Waals surface area contributed by atoms with Crippen LogP contribution in [0.15, 0.2) is 0 Å². The molecule has 2 nitrogen and oxygen atoms in total. The number of hydrogen-bond acceptors (Lipinski definition) is 2. The molecular formula is C9H19FO2. The van der Waals surface area contributed by atoms with E-state index in [1.807, 2.05) is 6.92 Å². The lowest BCUT2D eigenvalue weighted by Gasteiger charge is -2.12. The molecule has 0 heterocycles. The Morgan fingerprint density at radius 3 is 2.50 bits per heavy atom. The minimum atomic E-state index is -1.05. The summed E-state index contributed by atoms with van der Waals surface area (Å²) < 4.78 is 12.8. The van der Waals surface area contributed by atoms with Gasteiger partial charge in [-0.15, -0.1) is 0 Å². The Hall–Kier alpha value is -0.150. The van der Waals surface area contributed by atoms with Crippen LogP contribution in [-0.4, -0.2) is 29.1 Å². The van der Waals surface area contributed by atoms with E-state index in [9.17, 15) is 9.50 Å². The number of hydrogen-bond donors (Lipinski definition) is 2. The van der Waals surface area contributed by atoms with Crippen LogP contribution >= 0.6 is 0 Å². The molecule has 0 rings (SSSR count). The van der Waals surface area contributed by atoms with Gasteiger partial charge in [-0.2, -0.15) is 0 Å². The maximum atomic E-state index is 12.8. The molecule has 0 aliphatic heterocycles. The summed E-state index contributed by atoms with van der Waals surface area (Å²) in [5, 5.41) is 17.7. The Balaban J connectivity index is 3.33. The molecule has 0 bridgehead atoms. The van der Waals surface area contributed by atoms with Gasteiger partial charge in [0.2, 0.25) is 0 Å². The molecule has 0 aromatic rings. The molecule has 0 aromatic heterocycles. The molecule has 0 unspecified atom stereocenters. The van der Waals surface area contributed by atoms with Crippen molar-refractivity contribution >= 4 is 0 Å². The van der Waals surface area contributed by atoms with Crippen LogP contribution in [0.25, 0.3) is 0 Å². The van der Waals surface area contributed by atoms with E-state index in [4.69, 9.17) is 5.11 Å². The number of rotatable bonds is 7. The van der Waals surface area contributed by atoms with Crippen LogP contribution in [0.5, 0.6) is 0 Å². The minimum absolute atomic E-state index is 0.137. The summed E-state index contributed by atoms with van der Waals surface area (Å²) in [5.74, 6) is 0. The Morgan fingerprint density at radius 1 is 1.33 bits per heavy atom. The third-order valence-corrected chi connectivity index (χ3v) is 1.86. The fraction of sp³-hybridized carbons (Fsp3) is 1.00. The molecule has 0 saturated carbocycles. The van der Waals surface area contributed by atoms with Crippen molar-refractivity contribution in [3.8, 4) is 0 Å². The van der Waals surface area contributed by atoms with Gasteiger partial charge in [0.05, 0.1) is 6.10 Å². The first-order valence-electron chi connectivity index (χ1n) is 4.63. The molecular weight excluding hydrogens is 159 g/mol. The average molecular weight is 178 g/mol. The average Bonchev–Trinajstić information content (AvgIpc) is 2.01. The molecule has 3 heteroatoms. The van der Waals surface area contributed by atoms with Crippen molar-refractivity contribution < 1.29 is 14.6 Å². The van der Waals surface area contributed by atoms with E-state index in [-0.39, 0.29) is 19.4 Å². The predicted molar refractivity (Wildman–Crippen MR) is 46.7 cm³/mol. The van der Waals surface area contributed by atoms with E-state index < -0.39 is 12.3 Å². The van der Waals surface area contributed by atoms with Gasteiger partial charge in [-0.25, -0.2) is 4.39 Å². The van der Waals surface area contributed by atoms with Crippen LogP contribution in [0.1, 0.15) is 39.0 Å². The third kappa shape index (κ3) is 6.55. The number of aliphatic hydroxyl groups excluding tert-OH is 2. The largest absolute Gasteiger partial charge is 0.396 e. The van der Waals surface area contributed by atoms with E-state index >= 15 is 0 Å². The van der Waals surface area contributed by atoms with Gasteiger partial charge in [0.15, 0.2) is 0 Å². The highest BCUT2D eigenvalue weighted by atomic mass is 19.1. The molecule has 0 saturated heterocycles. The van der Waals surface area contributed by atoms with Crippen molar-refractivity contribution in [1.29, 1.82) is 0 Å². The van der Waals surface area contributed by atoms with Crippen LogP contribution in [0.4, 0.5) is 4.39 Å². The van der Waals surface area contributed by atoms with E-state index in [2.05, 4.69) is 0 Å². The third-order valence-electron chi connectivity index (χ3n) is 1.86. The predicted octanol–water partition coefficient (Wildman–Crippen LogP) is 1.65. The fourth-order valence-corrected chi connectivity index (χ4v) is 1.11. The van der Waals surface area contributed by atoms with Crippen molar-refractivity contribution in [2.75, 3.05) is 6.61 Å². The SMILES string of the molecule is CCCC[C@H](O)C[C@@H](F)CCO. The first-order valence-corrected chi connectivity index (χ1v) is 4.63.